The fourth-order valence-corrected chi connectivity index (χ4v) is 9.09. The van der Waals surface area contributed by atoms with E-state index < -0.39 is 28.5 Å². The molecule has 2 aromatic carbocycles. The molecule has 6 rings (SSSR count). The number of rotatable bonds is 4. The molecule has 2 aliphatic carbocycles. The minimum Gasteiger partial charge on any atom is -0.390 e. The van der Waals surface area contributed by atoms with Crippen molar-refractivity contribution >= 4 is 29.1 Å². The Balaban J connectivity index is 1.64. The van der Waals surface area contributed by atoms with Crippen molar-refractivity contribution in [3.05, 3.63) is 63.9 Å². The summed E-state index contributed by atoms with van der Waals surface area (Å²) in [6.07, 6.45) is 5.30. The lowest BCUT2D eigenvalue weighted by Crippen LogP contribution is -2.62. The zero-order valence-corrected chi connectivity index (χ0v) is 25.4. The van der Waals surface area contributed by atoms with Crippen LogP contribution in [0.3, 0.4) is 0 Å². The van der Waals surface area contributed by atoms with Crippen molar-refractivity contribution in [1.29, 1.82) is 0 Å². The van der Waals surface area contributed by atoms with Gasteiger partial charge in [-0.15, -0.1) is 0 Å². The molecular weight excluding hydrogens is 541 g/mol. The van der Waals surface area contributed by atoms with E-state index in [2.05, 4.69) is 10.2 Å². The maximum absolute atomic E-state index is 16.3. The zero-order valence-electron chi connectivity index (χ0n) is 24.6. The molecule has 2 spiro atoms. The number of likely N-dealkylation sites (N-methyl/N-ethyl adjacent to an activating group) is 1. The summed E-state index contributed by atoms with van der Waals surface area (Å²) in [6.45, 7) is 7.48. The third kappa shape index (κ3) is 3.95. The van der Waals surface area contributed by atoms with Gasteiger partial charge in [0, 0.05) is 34.3 Å². The van der Waals surface area contributed by atoms with Gasteiger partial charge in [-0.3, -0.25) is 14.5 Å². The first-order valence-corrected chi connectivity index (χ1v) is 15.4. The lowest BCUT2D eigenvalue weighted by Gasteiger charge is -2.50. The summed E-state index contributed by atoms with van der Waals surface area (Å²) in [5, 5.41) is 14.1. The van der Waals surface area contributed by atoms with Gasteiger partial charge in [0.05, 0.1) is 11.6 Å². The third-order valence-corrected chi connectivity index (χ3v) is 10.8. The van der Waals surface area contributed by atoms with Gasteiger partial charge in [0.1, 0.15) is 11.2 Å². The van der Waals surface area contributed by atoms with Gasteiger partial charge in [-0.05, 0) is 89.2 Å². The Hall–Kier alpha value is -2.48. The summed E-state index contributed by atoms with van der Waals surface area (Å²) in [4.78, 5) is 33.6. The number of nitrogens with zero attached hydrogens (tertiary/aromatic N) is 2. The van der Waals surface area contributed by atoms with E-state index in [0.29, 0.717) is 29.0 Å². The standard InChI is InChI=1S/C33H41ClFN3O3/c1-19(2)38-25-16-21(34)12-13-24(25)33(30(38)40)26(23-11-9-10-20(3)27(23)35)28(29(39)36-22-17-31(4,41)18-22)37(5)32(33)14-7-6-8-15-32/h9-13,16,19,22,26,28,41H,6-8,14-15,17-18H2,1-5H3,(H,36,39)/t22?,26-,28+,31?,33+/m0/s1. The van der Waals surface area contributed by atoms with Gasteiger partial charge in [-0.2, -0.15) is 0 Å². The minimum atomic E-state index is -1.19. The quantitative estimate of drug-likeness (QED) is 0.492. The van der Waals surface area contributed by atoms with Gasteiger partial charge >= 0.3 is 0 Å². The predicted molar refractivity (Wildman–Crippen MR) is 159 cm³/mol. The van der Waals surface area contributed by atoms with Crippen LogP contribution in [0.1, 0.15) is 88.3 Å². The van der Waals surface area contributed by atoms with E-state index in [4.69, 9.17) is 11.6 Å². The number of aliphatic hydroxyl groups is 1. The minimum absolute atomic E-state index is 0.0775. The van der Waals surface area contributed by atoms with Crippen LogP contribution in [-0.2, 0) is 15.0 Å². The molecule has 2 N–H and O–H groups in total. The normalized spacial score (nSPS) is 32.6. The zero-order chi connectivity index (χ0) is 29.5. The Morgan fingerprint density at radius 2 is 1.83 bits per heavy atom. The summed E-state index contributed by atoms with van der Waals surface area (Å²) in [6, 6.07) is 9.85. The second-order valence-corrected chi connectivity index (χ2v) is 13.9. The summed E-state index contributed by atoms with van der Waals surface area (Å²) in [7, 11) is 1.96. The molecule has 0 aromatic heterocycles. The molecule has 0 radical (unpaired) electrons. The number of nitrogens with one attached hydrogen (secondary N) is 1. The molecule has 3 atom stereocenters. The highest BCUT2D eigenvalue weighted by molar-refractivity contribution is 6.31. The van der Waals surface area contributed by atoms with Crippen LogP contribution in [-0.4, -0.2) is 58.1 Å². The Labute approximate surface area is 247 Å². The van der Waals surface area contributed by atoms with Crippen molar-refractivity contribution < 1.29 is 19.1 Å². The Bertz CT molecular complexity index is 1400. The van der Waals surface area contributed by atoms with Gasteiger partial charge in [0.25, 0.3) is 0 Å². The molecule has 1 saturated heterocycles. The van der Waals surface area contributed by atoms with E-state index in [9.17, 15) is 9.90 Å². The van der Waals surface area contributed by atoms with Crippen LogP contribution < -0.4 is 10.2 Å². The highest BCUT2D eigenvalue weighted by Crippen LogP contribution is 2.67. The number of hydrogen-bond acceptors (Lipinski definition) is 4. The second kappa shape index (κ2) is 9.78. The SMILES string of the molecule is Cc1cccc([C@H]2[C@H](C(=O)NC3CC(C)(O)C3)N(C)C3(CCCCC3)[C@@]23C(=O)N(C(C)C)c2cc(Cl)ccc23)c1F. The maximum Gasteiger partial charge on any atom is 0.240 e. The van der Waals surface area contributed by atoms with Crippen LogP contribution >= 0.6 is 11.6 Å². The summed E-state index contributed by atoms with van der Waals surface area (Å²) in [5.41, 5.74) is -0.199. The number of anilines is 1. The van der Waals surface area contributed by atoms with Crippen molar-refractivity contribution in [3.63, 3.8) is 0 Å². The number of amides is 2. The maximum atomic E-state index is 16.3. The first-order valence-electron chi connectivity index (χ1n) is 15.0. The van der Waals surface area contributed by atoms with Crippen molar-refractivity contribution in [1.82, 2.24) is 10.2 Å². The van der Waals surface area contributed by atoms with E-state index in [1.807, 2.05) is 50.1 Å². The van der Waals surface area contributed by atoms with E-state index >= 15 is 9.18 Å². The van der Waals surface area contributed by atoms with Gasteiger partial charge < -0.3 is 15.3 Å². The lowest BCUT2D eigenvalue weighted by molar-refractivity contribution is -0.131. The molecule has 0 bridgehead atoms. The van der Waals surface area contributed by atoms with E-state index in [-0.39, 0.29) is 29.7 Å². The smallest absolute Gasteiger partial charge is 0.240 e. The summed E-state index contributed by atoms with van der Waals surface area (Å²) < 4.78 is 16.3. The first kappa shape index (κ1) is 28.6. The number of carbonyl (C=O) groups is 2. The Kier molecular flexibility index (Phi) is 6.83. The van der Waals surface area contributed by atoms with Gasteiger partial charge in [-0.1, -0.05) is 55.1 Å². The van der Waals surface area contributed by atoms with Crippen LogP contribution in [0.2, 0.25) is 5.02 Å². The second-order valence-electron chi connectivity index (χ2n) is 13.5. The average Bonchev–Trinajstić information content (AvgIpc) is 3.27. The van der Waals surface area contributed by atoms with E-state index in [0.717, 1.165) is 43.4 Å². The fourth-order valence-electron chi connectivity index (χ4n) is 8.92. The molecule has 2 saturated carbocycles. The summed E-state index contributed by atoms with van der Waals surface area (Å²) in [5.74, 6) is -1.42. The Morgan fingerprint density at radius 1 is 1.15 bits per heavy atom. The molecular formula is C33H41ClFN3O3. The van der Waals surface area contributed by atoms with Crippen molar-refractivity contribution in [2.45, 2.75) is 113 Å². The number of aryl methyl sites for hydroxylation is 1. The largest absolute Gasteiger partial charge is 0.390 e. The molecule has 2 aromatic rings. The van der Waals surface area contributed by atoms with Gasteiger partial charge in [0.15, 0.2) is 0 Å². The third-order valence-electron chi connectivity index (χ3n) is 10.6. The van der Waals surface area contributed by atoms with Crippen molar-refractivity contribution in [2.24, 2.45) is 0 Å². The predicted octanol–water partition coefficient (Wildman–Crippen LogP) is 5.61. The number of benzene rings is 2. The molecule has 2 amide bonds. The van der Waals surface area contributed by atoms with Crippen LogP contribution in [0.4, 0.5) is 10.1 Å². The van der Waals surface area contributed by atoms with Gasteiger partial charge in [0.2, 0.25) is 11.8 Å². The number of halogens is 2. The fraction of sp³-hybridized carbons (Fsp3) is 0.576. The van der Waals surface area contributed by atoms with Crippen molar-refractivity contribution in [2.75, 3.05) is 11.9 Å². The Morgan fingerprint density at radius 3 is 2.46 bits per heavy atom. The molecule has 0 unspecified atom stereocenters. The van der Waals surface area contributed by atoms with Crippen LogP contribution in [0, 0.1) is 12.7 Å². The van der Waals surface area contributed by atoms with Gasteiger partial charge in [-0.25, -0.2) is 4.39 Å². The molecule has 220 valence electrons. The number of likely N-dealkylation sites (tertiary alicyclic amines) is 1. The van der Waals surface area contributed by atoms with Crippen molar-refractivity contribution in [3.8, 4) is 0 Å². The monoisotopic (exact) mass is 581 g/mol. The highest BCUT2D eigenvalue weighted by Gasteiger charge is 2.76. The van der Waals surface area contributed by atoms with Crippen LogP contribution in [0.15, 0.2) is 36.4 Å². The van der Waals surface area contributed by atoms with E-state index in [1.165, 1.54) is 0 Å². The topological polar surface area (TPSA) is 72.9 Å². The first-order chi connectivity index (χ1) is 19.4. The molecule has 8 heteroatoms. The molecule has 4 aliphatic rings. The van der Waals surface area contributed by atoms with Crippen LogP contribution in [0.25, 0.3) is 0 Å². The summed E-state index contributed by atoms with van der Waals surface area (Å²) >= 11 is 6.53. The number of hydrogen-bond donors (Lipinski definition) is 2. The number of carbonyl (C=O) groups excluding carboxylic acids is 2. The molecule has 6 nitrogen and oxygen atoms in total. The average molecular weight is 582 g/mol. The molecule has 2 heterocycles. The highest BCUT2D eigenvalue weighted by atomic mass is 35.5. The lowest BCUT2D eigenvalue weighted by atomic mass is 9.55. The van der Waals surface area contributed by atoms with E-state index in [1.54, 1.807) is 26.0 Å². The molecule has 3 fully saturated rings. The van der Waals surface area contributed by atoms with Crippen LogP contribution in [0.5, 0.6) is 0 Å². The number of fused-ring (bicyclic) bond motifs is 3. The molecule has 2 aliphatic heterocycles. The molecule has 41 heavy (non-hydrogen) atoms.